The van der Waals surface area contributed by atoms with Gasteiger partial charge in [0.2, 0.25) is 10.0 Å². The van der Waals surface area contributed by atoms with Gasteiger partial charge in [-0.1, -0.05) is 19.1 Å². The van der Waals surface area contributed by atoms with E-state index in [4.69, 9.17) is 4.74 Å². The van der Waals surface area contributed by atoms with Crippen LogP contribution in [0.4, 0.5) is 0 Å². The third-order valence-electron chi connectivity index (χ3n) is 3.99. The molecule has 0 spiro atoms. The summed E-state index contributed by atoms with van der Waals surface area (Å²) < 4.78 is 31.9. The van der Waals surface area contributed by atoms with E-state index < -0.39 is 10.0 Å². The molecule has 1 aliphatic rings. The molecule has 6 heteroatoms. The Morgan fingerprint density at radius 2 is 2.05 bits per heavy atom. The zero-order valence-corrected chi connectivity index (χ0v) is 13.7. The van der Waals surface area contributed by atoms with Crippen LogP contribution in [0.25, 0.3) is 0 Å². The number of nitrogens with zero attached hydrogens (tertiary/aromatic N) is 1. The van der Waals surface area contributed by atoms with Gasteiger partial charge in [-0.2, -0.15) is 4.31 Å². The maximum atomic E-state index is 12.6. The summed E-state index contributed by atoms with van der Waals surface area (Å²) in [5.41, 5.74) is 1.09. The van der Waals surface area contributed by atoms with Crippen molar-refractivity contribution in [1.29, 1.82) is 0 Å². The van der Waals surface area contributed by atoms with Crippen LogP contribution in [-0.4, -0.2) is 45.6 Å². The largest absolute Gasteiger partial charge is 0.380 e. The monoisotopic (exact) mass is 312 g/mol. The van der Waals surface area contributed by atoms with Gasteiger partial charge in [-0.25, -0.2) is 8.42 Å². The Hall–Kier alpha value is -0.950. The molecule has 1 aliphatic heterocycles. The van der Waals surface area contributed by atoms with Gasteiger partial charge in [0.1, 0.15) is 0 Å². The molecule has 0 saturated carbocycles. The fraction of sp³-hybridized carbons (Fsp3) is 0.600. The lowest BCUT2D eigenvalue weighted by atomic mass is 10.1. The van der Waals surface area contributed by atoms with E-state index in [1.807, 2.05) is 19.1 Å². The quantitative estimate of drug-likeness (QED) is 0.870. The Bertz CT molecular complexity index is 551. The predicted molar refractivity (Wildman–Crippen MR) is 82.7 cm³/mol. The second kappa shape index (κ2) is 6.87. The number of sulfonamides is 1. The molecule has 21 heavy (non-hydrogen) atoms. The van der Waals surface area contributed by atoms with Gasteiger partial charge in [-0.15, -0.1) is 0 Å². The van der Waals surface area contributed by atoms with Crippen LogP contribution in [-0.2, 0) is 14.8 Å². The van der Waals surface area contributed by atoms with Crippen molar-refractivity contribution in [3.8, 4) is 0 Å². The molecule has 1 saturated heterocycles. The standard InChI is InChI=1S/C15H24N2O3S/c1-4-16-12(2)13-5-7-15(8-6-13)21(18,19)17(3)14-9-10-20-11-14/h5-8,12,14,16H,4,9-11H2,1-3H3. The van der Waals surface area contributed by atoms with E-state index in [1.54, 1.807) is 19.2 Å². The summed E-state index contributed by atoms with van der Waals surface area (Å²) in [5, 5.41) is 3.31. The van der Waals surface area contributed by atoms with Gasteiger partial charge in [-0.3, -0.25) is 0 Å². The highest BCUT2D eigenvalue weighted by molar-refractivity contribution is 7.89. The Balaban J connectivity index is 2.16. The number of nitrogens with one attached hydrogen (secondary N) is 1. The maximum absolute atomic E-state index is 12.6. The molecule has 118 valence electrons. The second-order valence-corrected chi connectivity index (χ2v) is 7.38. The van der Waals surface area contributed by atoms with E-state index in [2.05, 4.69) is 12.2 Å². The van der Waals surface area contributed by atoms with Gasteiger partial charge in [0.05, 0.1) is 17.5 Å². The fourth-order valence-electron chi connectivity index (χ4n) is 2.52. The first-order chi connectivity index (χ1) is 9.96. The summed E-state index contributed by atoms with van der Waals surface area (Å²) in [6.07, 6.45) is 0.755. The van der Waals surface area contributed by atoms with Gasteiger partial charge >= 0.3 is 0 Å². The van der Waals surface area contributed by atoms with Crippen molar-refractivity contribution in [1.82, 2.24) is 9.62 Å². The number of hydrogen-bond acceptors (Lipinski definition) is 4. The Kier molecular flexibility index (Phi) is 5.37. The van der Waals surface area contributed by atoms with Crippen LogP contribution in [0, 0.1) is 0 Å². The molecule has 2 atom stereocenters. The number of hydrogen-bond donors (Lipinski definition) is 1. The lowest BCUT2D eigenvalue weighted by molar-refractivity contribution is 0.181. The first kappa shape index (κ1) is 16.4. The fourth-order valence-corrected chi connectivity index (χ4v) is 3.90. The summed E-state index contributed by atoms with van der Waals surface area (Å²) in [6.45, 7) is 6.10. The molecular weight excluding hydrogens is 288 g/mol. The van der Waals surface area contributed by atoms with E-state index in [9.17, 15) is 8.42 Å². The first-order valence-corrected chi connectivity index (χ1v) is 8.80. The minimum atomic E-state index is -3.44. The van der Waals surface area contributed by atoms with Crippen LogP contribution in [0.5, 0.6) is 0 Å². The molecule has 1 aromatic rings. The van der Waals surface area contributed by atoms with Gasteiger partial charge in [-0.05, 0) is 37.6 Å². The molecule has 1 heterocycles. The van der Waals surface area contributed by atoms with Crippen molar-refractivity contribution in [2.75, 3.05) is 26.8 Å². The molecule has 1 aromatic carbocycles. The first-order valence-electron chi connectivity index (χ1n) is 7.36. The van der Waals surface area contributed by atoms with Crippen LogP contribution >= 0.6 is 0 Å². The van der Waals surface area contributed by atoms with E-state index >= 15 is 0 Å². The van der Waals surface area contributed by atoms with Crippen molar-refractivity contribution in [2.24, 2.45) is 0 Å². The summed E-state index contributed by atoms with van der Waals surface area (Å²) in [7, 11) is -1.82. The molecule has 1 fully saturated rings. The van der Waals surface area contributed by atoms with Crippen molar-refractivity contribution >= 4 is 10.0 Å². The van der Waals surface area contributed by atoms with E-state index in [0.29, 0.717) is 18.1 Å². The van der Waals surface area contributed by atoms with Crippen molar-refractivity contribution in [3.63, 3.8) is 0 Å². The summed E-state index contributed by atoms with van der Waals surface area (Å²) in [6, 6.07) is 7.27. The molecule has 0 aliphatic carbocycles. The van der Waals surface area contributed by atoms with E-state index in [-0.39, 0.29) is 12.1 Å². The molecule has 2 rings (SSSR count). The lowest BCUT2D eigenvalue weighted by Gasteiger charge is -2.23. The smallest absolute Gasteiger partial charge is 0.243 e. The normalized spacial score (nSPS) is 20.9. The van der Waals surface area contributed by atoms with Crippen LogP contribution in [0.2, 0.25) is 0 Å². The average molecular weight is 312 g/mol. The molecular formula is C15H24N2O3S. The van der Waals surface area contributed by atoms with Gasteiger partial charge in [0.15, 0.2) is 0 Å². The van der Waals surface area contributed by atoms with Crippen LogP contribution in [0.3, 0.4) is 0 Å². The molecule has 0 radical (unpaired) electrons. The Morgan fingerprint density at radius 3 is 2.57 bits per heavy atom. The Labute approximate surface area is 127 Å². The maximum Gasteiger partial charge on any atom is 0.243 e. The zero-order chi connectivity index (χ0) is 15.5. The highest BCUT2D eigenvalue weighted by atomic mass is 32.2. The lowest BCUT2D eigenvalue weighted by Crippen LogP contribution is -2.37. The third kappa shape index (κ3) is 3.63. The van der Waals surface area contributed by atoms with E-state index in [0.717, 1.165) is 18.5 Å². The Morgan fingerprint density at radius 1 is 1.38 bits per heavy atom. The van der Waals surface area contributed by atoms with Crippen LogP contribution < -0.4 is 5.32 Å². The number of rotatable bonds is 6. The highest BCUT2D eigenvalue weighted by Crippen LogP contribution is 2.22. The van der Waals surface area contributed by atoms with Crippen LogP contribution in [0.1, 0.15) is 31.9 Å². The highest BCUT2D eigenvalue weighted by Gasteiger charge is 2.30. The number of benzene rings is 1. The van der Waals surface area contributed by atoms with Gasteiger partial charge in [0, 0.05) is 19.7 Å². The average Bonchev–Trinajstić information content (AvgIpc) is 3.01. The van der Waals surface area contributed by atoms with Gasteiger partial charge < -0.3 is 10.1 Å². The molecule has 5 nitrogen and oxygen atoms in total. The van der Waals surface area contributed by atoms with E-state index in [1.165, 1.54) is 4.31 Å². The minimum absolute atomic E-state index is 0.0599. The third-order valence-corrected chi connectivity index (χ3v) is 5.91. The zero-order valence-electron chi connectivity index (χ0n) is 12.9. The van der Waals surface area contributed by atoms with Crippen molar-refractivity contribution in [3.05, 3.63) is 29.8 Å². The molecule has 0 aromatic heterocycles. The van der Waals surface area contributed by atoms with Gasteiger partial charge in [0.25, 0.3) is 0 Å². The van der Waals surface area contributed by atoms with Crippen molar-refractivity contribution in [2.45, 2.75) is 37.2 Å². The topological polar surface area (TPSA) is 58.6 Å². The van der Waals surface area contributed by atoms with Crippen LogP contribution in [0.15, 0.2) is 29.2 Å². The molecule has 2 unspecified atom stereocenters. The summed E-state index contributed by atoms with van der Waals surface area (Å²) in [5.74, 6) is 0. The molecule has 0 amide bonds. The predicted octanol–water partition coefficient (Wildman–Crippen LogP) is 1.77. The van der Waals surface area contributed by atoms with Crippen molar-refractivity contribution < 1.29 is 13.2 Å². The minimum Gasteiger partial charge on any atom is -0.380 e. The SMILES string of the molecule is CCNC(C)c1ccc(S(=O)(=O)N(C)C2CCOC2)cc1. The number of ether oxygens (including phenoxy) is 1. The second-order valence-electron chi connectivity index (χ2n) is 5.39. The molecule has 0 bridgehead atoms. The summed E-state index contributed by atoms with van der Waals surface area (Å²) in [4.78, 5) is 0.337. The number of likely N-dealkylation sites (N-methyl/N-ethyl adjacent to an activating group) is 1. The summed E-state index contributed by atoms with van der Waals surface area (Å²) >= 11 is 0. The molecule has 1 N–H and O–H groups in total.